The third kappa shape index (κ3) is 1.68. The van der Waals surface area contributed by atoms with Crippen molar-refractivity contribution in [1.82, 2.24) is 4.90 Å². The van der Waals surface area contributed by atoms with Crippen molar-refractivity contribution in [1.29, 1.82) is 0 Å². The summed E-state index contributed by atoms with van der Waals surface area (Å²) >= 11 is 0. The van der Waals surface area contributed by atoms with Gasteiger partial charge in [0, 0.05) is 26.2 Å². The monoisotopic (exact) mass is 203 g/mol. The summed E-state index contributed by atoms with van der Waals surface area (Å²) in [5, 5.41) is 9.07. The number of nitrogens with zero attached hydrogens (tertiary/aromatic N) is 1. The molecule has 1 aliphatic carbocycles. The van der Waals surface area contributed by atoms with E-state index in [1.54, 1.807) is 0 Å². The molecule has 2 nitrogen and oxygen atoms in total. The van der Waals surface area contributed by atoms with Crippen LogP contribution in [0, 0.1) is 17.8 Å². The minimum Gasteiger partial charge on any atom is -0.396 e. The van der Waals surface area contributed by atoms with Gasteiger partial charge in [0.1, 0.15) is 0 Å². The summed E-state index contributed by atoms with van der Waals surface area (Å²) in [6.07, 6.45) is 0. The highest BCUT2D eigenvalue weighted by molar-refractivity contribution is 5.15. The lowest BCUT2D eigenvalue weighted by Crippen LogP contribution is -2.24. The van der Waals surface area contributed by atoms with E-state index in [1.807, 2.05) is 0 Å². The quantitative estimate of drug-likeness (QED) is 0.801. The van der Waals surface area contributed by atoms with Crippen LogP contribution in [0.25, 0.3) is 0 Å². The molecular weight excluding hydrogens is 186 g/mol. The van der Waals surface area contributed by atoms with Gasteiger partial charge in [0.15, 0.2) is 0 Å². The number of rotatable bonds is 3. The molecule has 1 N–H and O–H groups in total. The van der Waals surface area contributed by atoms with Gasteiger partial charge in [0.05, 0.1) is 0 Å². The predicted molar refractivity (Wildman–Crippen MR) is 59.3 cm³/mol. The van der Waals surface area contributed by atoms with Gasteiger partial charge in [-0.25, -0.2) is 0 Å². The Hall–Kier alpha value is -0.860. The van der Waals surface area contributed by atoms with Gasteiger partial charge in [-0.2, -0.15) is 0 Å². The Labute approximate surface area is 90.5 Å². The Morgan fingerprint density at radius 1 is 1.13 bits per heavy atom. The third-order valence-electron chi connectivity index (χ3n) is 3.91. The van der Waals surface area contributed by atoms with E-state index in [0.29, 0.717) is 12.5 Å². The van der Waals surface area contributed by atoms with Gasteiger partial charge >= 0.3 is 0 Å². The zero-order valence-electron chi connectivity index (χ0n) is 8.84. The molecule has 15 heavy (non-hydrogen) atoms. The summed E-state index contributed by atoms with van der Waals surface area (Å²) in [7, 11) is 0. The van der Waals surface area contributed by atoms with Gasteiger partial charge in [-0.05, 0) is 23.3 Å². The second kappa shape index (κ2) is 3.62. The summed E-state index contributed by atoms with van der Waals surface area (Å²) in [6.45, 7) is 3.84. The van der Waals surface area contributed by atoms with E-state index in [0.717, 1.165) is 18.4 Å². The number of likely N-dealkylation sites (tertiary alicyclic amines) is 1. The maximum Gasteiger partial charge on any atom is 0.0465 e. The van der Waals surface area contributed by atoms with Gasteiger partial charge < -0.3 is 5.11 Å². The summed E-state index contributed by atoms with van der Waals surface area (Å²) in [6, 6.07) is 10.6. The average Bonchev–Trinajstić information content (AvgIpc) is 2.75. The summed E-state index contributed by atoms with van der Waals surface area (Å²) in [5.74, 6) is 2.20. The van der Waals surface area contributed by atoms with E-state index < -0.39 is 0 Å². The number of hydrogen-bond donors (Lipinski definition) is 1. The van der Waals surface area contributed by atoms with Crippen LogP contribution in [0.2, 0.25) is 0 Å². The van der Waals surface area contributed by atoms with Crippen LogP contribution in [0.3, 0.4) is 0 Å². The number of fused-ring (bicyclic) bond motifs is 1. The van der Waals surface area contributed by atoms with Crippen LogP contribution in [0.1, 0.15) is 5.56 Å². The van der Waals surface area contributed by atoms with Crippen LogP contribution in [0.4, 0.5) is 0 Å². The van der Waals surface area contributed by atoms with Crippen molar-refractivity contribution in [2.24, 2.45) is 17.8 Å². The minimum atomic E-state index is 0.397. The molecule has 0 radical (unpaired) electrons. The second-order valence-corrected chi connectivity index (χ2v) is 4.85. The van der Waals surface area contributed by atoms with Gasteiger partial charge in [0.2, 0.25) is 0 Å². The topological polar surface area (TPSA) is 23.5 Å². The molecule has 1 saturated heterocycles. The molecule has 1 heterocycles. The fourth-order valence-electron chi connectivity index (χ4n) is 2.98. The van der Waals surface area contributed by atoms with E-state index in [-0.39, 0.29) is 0 Å². The van der Waals surface area contributed by atoms with Crippen LogP contribution >= 0.6 is 0 Å². The number of aliphatic hydroxyl groups excluding tert-OH is 1. The molecule has 3 atom stereocenters. The zero-order chi connectivity index (χ0) is 10.3. The van der Waals surface area contributed by atoms with E-state index in [4.69, 9.17) is 5.11 Å². The van der Waals surface area contributed by atoms with Crippen molar-refractivity contribution in [3.63, 3.8) is 0 Å². The molecule has 0 unspecified atom stereocenters. The molecule has 80 valence electrons. The maximum absolute atomic E-state index is 9.07. The molecule has 1 aromatic rings. The summed E-state index contributed by atoms with van der Waals surface area (Å²) in [5.41, 5.74) is 1.40. The molecule has 2 heteroatoms. The molecule has 2 fully saturated rings. The number of hydrogen-bond acceptors (Lipinski definition) is 2. The highest BCUT2D eigenvalue weighted by Gasteiger charge is 2.54. The molecule has 0 amide bonds. The molecule has 0 aromatic heterocycles. The van der Waals surface area contributed by atoms with Crippen molar-refractivity contribution in [2.75, 3.05) is 19.7 Å². The maximum atomic E-state index is 9.07. The third-order valence-corrected chi connectivity index (χ3v) is 3.91. The number of aliphatic hydroxyl groups is 1. The predicted octanol–water partition coefficient (Wildman–Crippen LogP) is 1.36. The normalized spacial score (nSPS) is 34.1. The van der Waals surface area contributed by atoms with E-state index >= 15 is 0 Å². The molecule has 1 saturated carbocycles. The first-order valence-electron chi connectivity index (χ1n) is 5.75. The molecule has 3 rings (SSSR count). The molecule has 0 bridgehead atoms. The summed E-state index contributed by atoms with van der Waals surface area (Å²) in [4.78, 5) is 2.51. The van der Waals surface area contributed by atoms with Gasteiger partial charge in [-0.1, -0.05) is 30.3 Å². The van der Waals surface area contributed by atoms with E-state index in [1.165, 1.54) is 18.7 Å². The Bertz CT molecular complexity index is 326. The largest absolute Gasteiger partial charge is 0.396 e. The van der Waals surface area contributed by atoms with Crippen molar-refractivity contribution >= 4 is 0 Å². The first kappa shape index (κ1) is 9.37. The number of benzene rings is 1. The molecule has 2 aliphatic rings. The van der Waals surface area contributed by atoms with E-state index in [2.05, 4.69) is 35.2 Å². The Morgan fingerprint density at radius 3 is 2.40 bits per heavy atom. The van der Waals surface area contributed by atoms with Crippen molar-refractivity contribution < 1.29 is 5.11 Å². The van der Waals surface area contributed by atoms with Crippen molar-refractivity contribution in [3.8, 4) is 0 Å². The van der Waals surface area contributed by atoms with Gasteiger partial charge in [-0.15, -0.1) is 0 Å². The van der Waals surface area contributed by atoms with Crippen LogP contribution in [-0.2, 0) is 6.54 Å². The SMILES string of the molecule is OC[C@H]1[C@H]2CN(Cc3ccccc3)C[C@@H]12. The lowest BCUT2D eigenvalue weighted by molar-refractivity contribution is 0.217. The van der Waals surface area contributed by atoms with Crippen LogP contribution in [0.15, 0.2) is 30.3 Å². The molecule has 1 aromatic carbocycles. The van der Waals surface area contributed by atoms with Crippen molar-refractivity contribution in [2.45, 2.75) is 6.54 Å². The van der Waals surface area contributed by atoms with Gasteiger partial charge in [0.25, 0.3) is 0 Å². The smallest absolute Gasteiger partial charge is 0.0465 e. The standard InChI is InChI=1S/C13H17NO/c15-9-13-11-7-14(8-12(11)13)6-10-4-2-1-3-5-10/h1-5,11-13,15H,6-9H2/t11-,12+,13-. The van der Waals surface area contributed by atoms with E-state index in [9.17, 15) is 0 Å². The zero-order valence-corrected chi connectivity index (χ0v) is 8.84. The fraction of sp³-hybridized carbons (Fsp3) is 0.538. The van der Waals surface area contributed by atoms with Crippen LogP contribution in [-0.4, -0.2) is 29.7 Å². The Kier molecular flexibility index (Phi) is 2.26. The lowest BCUT2D eigenvalue weighted by atomic mass is 10.2. The first-order chi connectivity index (χ1) is 7.38. The molecule has 0 spiro atoms. The van der Waals surface area contributed by atoms with Crippen LogP contribution in [0.5, 0.6) is 0 Å². The van der Waals surface area contributed by atoms with Crippen molar-refractivity contribution in [3.05, 3.63) is 35.9 Å². The lowest BCUT2D eigenvalue weighted by Gasteiger charge is -2.18. The fourth-order valence-corrected chi connectivity index (χ4v) is 2.98. The highest BCUT2D eigenvalue weighted by atomic mass is 16.3. The first-order valence-corrected chi connectivity index (χ1v) is 5.75. The molecule has 1 aliphatic heterocycles. The summed E-state index contributed by atoms with van der Waals surface area (Å²) < 4.78 is 0. The molecular formula is C13H17NO. The number of piperidine rings is 1. The van der Waals surface area contributed by atoms with Gasteiger partial charge in [-0.3, -0.25) is 4.90 Å². The minimum absolute atomic E-state index is 0.397. The second-order valence-electron chi connectivity index (χ2n) is 4.85. The Morgan fingerprint density at radius 2 is 1.80 bits per heavy atom. The van der Waals surface area contributed by atoms with Crippen LogP contribution < -0.4 is 0 Å². The average molecular weight is 203 g/mol. The highest BCUT2D eigenvalue weighted by Crippen LogP contribution is 2.51. The Balaban J connectivity index is 1.56.